The summed E-state index contributed by atoms with van der Waals surface area (Å²) < 4.78 is 1.92. The van der Waals surface area contributed by atoms with Gasteiger partial charge in [-0.1, -0.05) is 37.3 Å². The highest BCUT2D eigenvalue weighted by atomic mass is 15.4. The molecule has 0 unspecified atom stereocenters. The van der Waals surface area contributed by atoms with Crippen molar-refractivity contribution in [3.63, 3.8) is 0 Å². The van der Waals surface area contributed by atoms with E-state index in [4.69, 9.17) is 0 Å². The van der Waals surface area contributed by atoms with E-state index in [1.54, 1.807) is 0 Å². The lowest BCUT2D eigenvalue weighted by atomic mass is 10.0. The Morgan fingerprint density at radius 1 is 1.20 bits per heavy atom. The van der Waals surface area contributed by atoms with Gasteiger partial charge in [0.15, 0.2) is 0 Å². The minimum atomic E-state index is 0.652. The number of hydrogen-bond acceptors (Lipinski definition) is 3. The number of rotatable bonds is 6. The molecule has 2 rings (SSSR count). The number of hydrogen-bond donors (Lipinski definition) is 1. The second kappa shape index (κ2) is 6.66. The Kier molecular flexibility index (Phi) is 4.90. The lowest BCUT2D eigenvalue weighted by Crippen LogP contribution is -2.19. The van der Waals surface area contributed by atoms with Crippen molar-refractivity contribution in [1.29, 1.82) is 0 Å². The molecular formula is C16H24N4. The van der Waals surface area contributed by atoms with Gasteiger partial charge in [-0.3, -0.25) is 0 Å². The van der Waals surface area contributed by atoms with Gasteiger partial charge in [0.25, 0.3) is 0 Å². The summed E-state index contributed by atoms with van der Waals surface area (Å²) in [5.41, 5.74) is 4.94. The molecule has 108 valence electrons. The zero-order chi connectivity index (χ0) is 14.5. The van der Waals surface area contributed by atoms with E-state index in [9.17, 15) is 0 Å². The summed E-state index contributed by atoms with van der Waals surface area (Å²) in [5.74, 6) is 0.652. The Morgan fingerprint density at radius 2 is 1.90 bits per heavy atom. The number of aryl methyl sites for hydroxylation is 2. The fourth-order valence-electron chi connectivity index (χ4n) is 2.25. The van der Waals surface area contributed by atoms with Crippen molar-refractivity contribution in [2.75, 3.05) is 6.54 Å². The molecule has 4 nitrogen and oxygen atoms in total. The number of nitrogens with one attached hydrogen (secondary N) is 1. The smallest absolute Gasteiger partial charge is 0.0964 e. The molecule has 4 heteroatoms. The van der Waals surface area contributed by atoms with Gasteiger partial charge in [-0.15, -0.1) is 5.10 Å². The van der Waals surface area contributed by atoms with Crippen molar-refractivity contribution in [1.82, 2.24) is 20.3 Å². The van der Waals surface area contributed by atoms with E-state index in [0.717, 1.165) is 25.3 Å². The maximum atomic E-state index is 4.22. The molecule has 0 aliphatic rings. The zero-order valence-corrected chi connectivity index (χ0v) is 12.8. The Bertz CT molecular complexity index is 537. The molecule has 1 heterocycles. The Balaban J connectivity index is 1.99. The molecule has 0 bridgehead atoms. The highest BCUT2D eigenvalue weighted by Crippen LogP contribution is 2.14. The molecule has 0 aliphatic heterocycles. The minimum absolute atomic E-state index is 0.652. The highest BCUT2D eigenvalue weighted by molar-refractivity contribution is 5.33. The minimum Gasteiger partial charge on any atom is -0.311 e. The van der Waals surface area contributed by atoms with E-state index in [1.165, 1.54) is 16.7 Å². The van der Waals surface area contributed by atoms with Crippen LogP contribution < -0.4 is 5.32 Å². The number of benzene rings is 1. The van der Waals surface area contributed by atoms with Crippen LogP contribution in [0.5, 0.6) is 0 Å². The first-order valence-corrected chi connectivity index (χ1v) is 7.21. The average Bonchev–Trinajstić information content (AvgIpc) is 2.81. The maximum absolute atomic E-state index is 4.22. The molecule has 0 amide bonds. The van der Waals surface area contributed by atoms with E-state index < -0.39 is 0 Å². The fourth-order valence-corrected chi connectivity index (χ4v) is 2.25. The standard InChI is InChI=1S/C16H24N4/c1-12(2)8-17-9-15-10-20(19-18-15)11-16-13(3)6-5-7-14(16)4/h5-7,10,12,17H,8-9,11H2,1-4H3. The van der Waals surface area contributed by atoms with Crippen LogP contribution in [0.3, 0.4) is 0 Å². The summed E-state index contributed by atoms with van der Waals surface area (Å²) in [4.78, 5) is 0. The predicted octanol–water partition coefficient (Wildman–Crippen LogP) is 2.69. The van der Waals surface area contributed by atoms with Gasteiger partial charge in [0.2, 0.25) is 0 Å². The van der Waals surface area contributed by atoms with Crippen LogP contribution in [0.4, 0.5) is 0 Å². The second-order valence-corrected chi connectivity index (χ2v) is 5.80. The first-order valence-electron chi connectivity index (χ1n) is 7.21. The molecule has 1 N–H and O–H groups in total. The molecule has 0 aliphatic carbocycles. The average molecular weight is 272 g/mol. The van der Waals surface area contributed by atoms with E-state index in [-0.39, 0.29) is 0 Å². The molecule has 0 spiro atoms. The quantitative estimate of drug-likeness (QED) is 0.879. The van der Waals surface area contributed by atoms with Crippen LogP contribution in [0, 0.1) is 19.8 Å². The molecule has 0 saturated heterocycles. The Labute approximate surface area is 121 Å². The summed E-state index contributed by atoms with van der Waals surface area (Å²) in [6.07, 6.45) is 2.03. The molecular weight excluding hydrogens is 248 g/mol. The first kappa shape index (κ1) is 14.7. The van der Waals surface area contributed by atoms with Crippen LogP contribution in [0.25, 0.3) is 0 Å². The Morgan fingerprint density at radius 3 is 2.55 bits per heavy atom. The normalized spacial score (nSPS) is 11.2. The Hall–Kier alpha value is -1.68. The summed E-state index contributed by atoms with van der Waals surface area (Å²) in [5, 5.41) is 11.8. The number of nitrogens with zero attached hydrogens (tertiary/aromatic N) is 3. The molecule has 2 aromatic rings. The third kappa shape index (κ3) is 3.90. The van der Waals surface area contributed by atoms with Gasteiger partial charge in [0.05, 0.1) is 18.4 Å². The molecule has 0 atom stereocenters. The largest absolute Gasteiger partial charge is 0.311 e. The second-order valence-electron chi connectivity index (χ2n) is 5.80. The van der Waals surface area contributed by atoms with Crippen LogP contribution in [0.1, 0.15) is 36.2 Å². The van der Waals surface area contributed by atoms with Crippen LogP contribution in [0.2, 0.25) is 0 Å². The number of aromatic nitrogens is 3. The molecule has 1 aromatic carbocycles. The molecule has 0 radical (unpaired) electrons. The lowest BCUT2D eigenvalue weighted by Gasteiger charge is -2.08. The van der Waals surface area contributed by atoms with E-state index in [1.807, 2.05) is 10.9 Å². The van der Waals surface area contributed by atoms with Crippen molar-refractivity contribution in [3.8, 4) is 0 Å². The van der Waals surface area contributed by atoms with Crippen molar-refractivity contribution in [3.05, 3.63) is 46.8 Å². The molecule has 1 aromatic heterocycles. The summed E-state index contributed by atoms with van der Waals surface area (Å²) in [6, 6.07) is 6.38. The molecule has 0 saturated carbocycles. The van der Waals surface area contributed by atoms with Crippen molar-refractivity contribution in [2.24, 2.45) is 5.92 Å². The summed E-state index contributed by atoms with van der Waals surface area (Å²) in [7, 11) is 0. The third-order valence-corrected chi connectivity index (χ3v) is 3.41. The zero-order valence-electron chi connectivity index (χ0n) is 12.8. The van der Waals surface area contributed by atoms with E-state index in [2.05, 4.69) is 61.5 Å². The molecule has 0 fully saturated rings. The highest BCUT2D eigenvalue weighted by Gasteiger charge is 2.06. The third-order valence-electron chi connectivity index (χ3n) is 3.41. The molecule has 20 heavy (non-hydrogen) atoms. The van der Waals surface area contributed by atoms with Gasteiger partial charge >= 0.3 is 0 Å². The maximum Gasteiger partial charge on any atom is 0.0964 e. The van der Waals surface area contributed by atoms with Gasteiger partial charge in [0.1, 0.15) is 0 Å². The van der Waals surface area contributed by atoms with Gasteiger partial charge in [-0.25, -0.2) is 4.68 Å². The van der Waals surface area contributed by atoms with Crippen molar-refractivity contribution >= 4 is 0 Å². The van der Waals surface area contributed by atoms with Crippen LogP contribution in [-0.4, -0.2) is 21.5 Å². The first-order chi connectivity index (χ1) is 9.56. The topological polar surface area (TPSA) is 42.7 Å². The van der Waals surface area contributed by atoms with Gasteiger partial charge in [-0.2, -0.15) is 0 Å². The van der Waals surface area contributed by atoms with Crippen LogP contribution >= 0.6 is 0 Å². The van der Waals surface area contributed by atoms with Crippen LogP contribution in [0.15, 0.2) is 24.4 Å². The van der Waals surface area contributed by atoms with Crippen molar-refractivity contribution in [2.45, 2.75) is 40.8 Å². The lowest BCUT2D eigenvalue weighted by molar-refractivity contribution is 0.548. The fraction of sp³-hybridized carbons (Fsp3) is 0.500. The monoisotopic (exact) mass is 272 g/mol. The van der Waals surface area contributed by atoms with Crippen LogP contribution in [-0.2, 0) is 13.1 Å². The van der Waals surface area contributed by atoms with E-state index >= 15 is 0 Å². The van der Waals surface area contributed by atoms with Gasteiger partial charge in [0, 0.05) is 6.54 Å². The van der Waals surface area contributed by atoms with E-state index in [0.29, 0.717) is 5.92 Å². The van der Waals surface area contributed by atoms with Crippen molar-refractivity contribution < 1.29 is 0 Å². The van der Waals surface area contributed by atoms with Gasteiger partial charge in [-0.05, 0) is 43.0 Å². The summed E-state index contributed by atoms with van der Waals surface area (Å²) in [6.45, 7) is 11.3. The SMILES string of the molecule is Cc1cccc(C)c1Cn1cc(CNCC(C)C)nn1. The van der Waals surface area contributed by atoms with Gasteiger partial charge < -0.3 is 5.32 Å². The summed E-state index contributed by atoms with van der Waals surface area (Å²) >= 11 is 0. The predicted molar refractivity (Wildman–Crippen MR) is 81.6 cm³/mol.